The number of hydrogen-bond donors (Lipinski definition) is 1. The van der Waals surface area contributed by atoms with Crippen LogP contribution in [-0.4, -0.2) is 20.1 Å². The molecule has 0 aliphatic heterocycles. The lowest BCUT2D eigenvalue weighted by Crippen LogP contribution is -2.22. The Hall–Kier alpha value is -1.71. The Kier molecular flexibility index (Phi) is 6.19. The molecule has 1 aromatic carbocycles. The molecule has 0 fully saturated rings. The zero-order valence-corrected chi connectivity index (χ0v) is 12.2. The third-order valence-electron chi connectivity index (χ3n) is 2.89. The van der Waals surface area contributed by atoms with E-state index in [0.717, 1.165) is 12.0 Å². The Bertz CT molecular complexity index is 416. The molecule has 0 saturated heterocycles. The minimum absolute atomic E-state index is 0.0866. The minimum atomic E-state index is 0.0866. The largest absolute Gasteiger partial charge is 0.493 e. The van der Waals surface area contributed by atoms with Gasteiger partial charge < -0.3 is 14.8 Å². The summed E-state index contributed by atoms with van der Waals surface area (Å²) >= 11 is 0. The Morgan fingerprint density at radius 2 is 1.89 bits per heavy atom. The third kappa shape index (κ3) is 5.20. The smallest absolute Gasteiger partial charge is 0.220 e. The molecule has 0 spiro atoms. The second kappa shape index (κ2) is 7.67. The lowest BCUT2D eigenvalue weighted by atomic mass is 10.1. The average molecular weight is 265 g/mol. The van der Waals surface area contributed by atoms with Gasteiger partial charge in [-0.1, -0.05) is 19.9 Å². The van der Waals surface area contributed by atoms with Crippen molar-refractivity contribution in [3.63, 3.8) is 0 Å². The highest BCUT2D eigenvalue weighted by Crippen LogP contribution is 2.27. The van der Waals surface area contributed by atoms with E-state index in [4.69, 9.17) is 9.47 Å². The van der Waals surface area contributed by atoms with Crippen molar-refractivity contribution in [1.82, 2.24) is 5.32 Å². The minimum Gasteiger partial charge on any atom is -0.493 e. The molecule has 1 rings (SSSR count). The molecule has 0 unspecified atom stereocenters. The zero-order valence-electron chi connectivity index (χ0n) is 12.2. The summed E-state index contributed by atoms with van der Waals surface area (Å²) in [7, 11) is 3.20. The molecular weight excluding hydrogens is 242 g/mol. The van der Waals surface area contributed by atoms with Crippen LogP contribution in [0.5, 0.6) is 11.5 Å². The van der Waals surface area contributed by atoms with Crippen molar-refractivity contribution in [2.45, 2.75) is 33.2 Å². The fraction of sp³-hybridized carbons (Fsp3) is 0.533. The molecule has 4 nitrogen and oxygen atoms in total. The first-order chi connectivity index (χ1) is 9.06. The summed E-state index contributed by atoms with van der Waals surface area (Å²) < 4.78 is 10.4. The molecule has 0 saturated carbocycles. The summed E-state index contributed by atoms with van der Waals surface area (Å²) in [6.45, 7) is 4.74. The number of nitrogens with one attached hydrogen (secondary N) is 1. The van der Waals surface area contributed by atoms with Crippen molar-refractivity contribution < 1.29 is 14.3 Å². The maximum atomic E-state index is 11.6. The van der Waals surface area contributed by atoms with Gasteiger partial charge in [0, 0.05) is 13.0 Å². The highest BCUT2D eigenvalue weighted by atomic mass is 16.5. The molecule has 106 valence electrons. The predicted molar refractivity (Wildman–Crippen MR) is 75.5 cm³/mol. The molecule has 0 radical (unpaired) electrons. The summed E-state index contributed by atoms with van der Waals surface area (Å²) in [4.78, 5) is 11.6. The van der Waals surface area contributed by atoms with E-state index in [1.165, 1.54) is 0 Å². The van der Waals surface area contributed by atoms with Crippen molar-refractivity contribution in [3.8, 4) is 11.5 Å². The lowest BCUT2D eigenvalue weighted by Gasteiger charge is -2.10. The van der Waals surface area contributed by atoms with Gasteiger partial charge in [-0.2, -0.15) is 0 Å². The van der Waals surface area contributed by atoms with Gasteiger partial charge in [-0.3, -0.25) is 4.79 Å². The lowest BCUT2D eigenvalue weighted by molar-refractivity contribution is -0.121. The van der Waals surface area contributed by atoms with Crippen LogP contribution in [0.2, 0.25) is 0 Å². The maximum absolute atomic E-state index is 11.6. The Morgan fingerprint density at radius 1 is 1.21 bits per heavy atom. The van der Waals surface area contributed by atoms with E-state index in [9.17, 15) is 4.79 Å². The summed E-state index contributed by atoms with van der Waals surface area (Å²) in [6, 6.07) is 5.64. The van der Waals surface area contributed by atoms with E-state index in [1.807, 2.05) is 18.2 Å². The molecule has 19 heavy (non-hydrogen) atoms. The van der Waals surface area contributed by atoms with Crippen molar-refractivity contribution in [1.29, 1.82) is 0 Å². The Morgan fingerprint density at radius 3 is 2.47 bits per heavy atom. The van der Waals surface area contributed by atoms with E-state index in [2.05, 4.69) is 19.2 Å². The van der Waals surface area contributed by atoms with Gasteiger partial charge in [0.25, 0.3) is 0 Å². The van der Waals surface area contributed by atoms with Gasteiger partial charge in [0.1, 0.15) is 0 Å². The molecular formula is C15H23NO3. The molecule has 0 atom stereocenters. The summed E-state index contributed by atoms with van der Waals surface area (Å²) in [5.41, 5.74) is 0.996. The quantitative estimate of drug-likeness (QED) is 0.824. The van der Waals surface area contributed by atoms with E-state index in [1.54, 1.807) is 14.2 Å². The molecule has 0 heterocycles. The van der Waals surface area contributed by atoms with Crippen LogP contribution in [0.25, 0.3) is 0 Å². The van der Waals surface area contributed by atoms with E-state index >= 15 is 0 Å². The van der Waals surface area contributed by atoms with Gasteiger partial charge in [0.05, 0.1) is 14.2 Å². The number of ether oxygens (including phenoxy) is 2. The maximum Gasteiger partial charge on any atom is 0.220 e. The SMILES string of the molecule is COc1ccc(CNC(=O)CCC(C)C)cc1OC. The van der Waals surface area contributed by atoms with Crippen LogP contribution in [0, 0.1) is 5.92 Å². The van der Waals surface area contributed by atoms with Crippen LogP contribution in [0.3, 0.4) is 0 Å². The van der Waals surface area contributed by atoms with Gasteiger partial charge in [-0.25, -0.2) is 0 Å². The Labute approximate surface area is 115 Å². The second-order valence-corrected chi connectivity index (χ2v) is 4.90. The first-order valence-corrected chi connectivity index (χ1v) is 6.54. The number of hydrogen-bond acceptors (Lipinski definition) is 3. The Balaban J connectivity index is 2.51. The van der Waals surface area contributed by atoms with Gasteiger partial charge in [0.2, 0.25) is 5.91 Å². The highest BCUT2D eigenvalue weighted by Gasteiger charge is 2.06. The fourth-order valence-corrected chi connectivity index (χ4v) is 1.70. The van der Waals surface area contributed by atoms with E-state index < -0.39 is 0 Å². The molecule has 0 aliphatic rings. The van der Waals surface area contributed by atoms with Gasteiger partial charge in [0.15, 0.2) is 11.5 Å². The third-order valence-corrected chi connectivity index (χ3v) is 2.89. The molecule has 1 aromatic rings. The molecule has 1 amide bonds. The summed E-state index contributed by atoms with van der Waals surface area (Å²) in [5.74, 6) is 2.00. The first-order valence-electron chi connectivity index (χ1n) is 6.54. The van der Waals surface area contributed by atoms with Gasteiger partial charge >= 0.3 is 0 Å². The van der Waals surface area contributed by atoms with E-state index in [-0.39, 0.29) is 5.91 Å². The number of rotatable bonds is 7. The van der Waals surface area contributed by atoms with Crippen LogP contribution >= 0.6 is 0 Å². The number of benzene rings is 1. The van der Waals surface area contributed by atoms with Crippen LogP contribution in [0.4, 0.5) is 0 Å². The predicted octanol–water partition coefficient (Wildman–Crippen LogP) is 2.76. The standard InChI is InChI=1S/C15H23NO3/c1-11(2)5-8-15(17)16-10-12-6-7-13(18-3)14(9-12)19-4/h6-7,9,11H,5,8,10H2,1-4H3,(H,16,17). The van der Waals surface area contributed by atoms with Crippen LogP contribution in [0.15, 0.2) is 18.2 Å². The summed E-state index contributed by atoms with van der Waals surface area (Å²) in [5, 5.41) is 2.91. The number of amides is 1. The highest BCUT2D eigenvalue weighted by molar-refractivity contribution is 5.75. The number of methoxy groups -OCH3 is 2. The van der Waals surface area contributed by atoms with Crippen molar-refractivity contribution in [2.24, 2.45) is 5.92 Å². The fourth-order valence-electron chi connectivity index (χ4n) is 1.70. The van der Waals surface area contributed by atoms with Crippen LogP contribution < -0.4 is 14.8 Å². The van der Waals surface area contributed by atoms with Gasteiger partial charge in [-0.15, -0.1) is 0 Å². The van der Waals surface area contributed by atoms with Gasteiger partial charge in [-0.05, 0) is 30.0 Å². The molecule has 1 N–H and O–H groups in total. The molecule has 0 aliphatic carbocycles. The molecule has 0 aromatic heterocycles. The van der Waals surface area contributed by atoms with Crippen molar-refractivity contribution >= 4 is 5.91 Å². The monoisotopic (exact) mass is 265 g/mol. The van der Waals surface area contributed by atoms with Crippen molar-refractivity contribution in [2.75, 3.05) is 14.2 Å². The topological polar surface area (TPSA) is 47.6 Å². The molecule has 4 heteroatoms. The average Bonchev–Trinajstić information content (AvgIpc) is 2.42. The molecule has 0 bridgehead atoms. The van der Waals surface area contributed by atoms with Crippen LogP contribution in [0.1, 0.15) is 32.3 Å². The second-order valence-electron chi connectivity index (χ2n) is 4.90. The number of carbonyl (C=O) groups excluding carboxylic acids is 1. The zero-order chi connectivity index (χ0) is 14.3. The van der Waals surface area contributed by atoms with E-state index in [0.29, 0.717) is 30.4 Å². The normalized spacial score (nSPS) is 10.4. The number of carbonyl (C=O) groups is 1. The summed E-state index contributed by atoms with van der Waals surface area (Å²) in [6.07, 6.45) is 1.49. The van der Waals surface area contributed by atoms with Crippen LogP contribution in [-0.2, 0) is 11.3 Å². The first kappa shape index (κ1) is 15.3. The van der Waals surface area contributed by atoms with Crippen molar-refractivity contribution in [3.05, 3.63) is 23.8 Å².